The number of hydrogen-bond donors (Lipinski definition) is 2. The summed E-state index contributed by atoms with van der Waals surface area (Å²) < 4.78 is 0. The van der Waals surface area contributed by atoms with Crippen LogP contribution in [0.1, 0.15) is 34.3 Å². The number of carbonyl (C=O) groups is 1. The molecule has 2 aromatic carbocycles. The van der Waals surface area contributed by atoms with E-state index in [0.29, 0.717) is 13.1 Å². The number of halogens is 1. The highest BCUT2D eigenvalue weighted by atomic mass is 35.5. The molecule has 1 amide bonds. The molecular weight excluding hydrogens is 296 g/mol. The maximum atomic E-state index is 12.3. The number of nitrogens with one attached hydrogen (secondary N) is 1. The number of nitrogens with two attached hydrogens (primary N) is 1. The molecular formula is C18H23ClN2O. The Labute approximate surface area is 138 Å². The Bertz CT molecular complexity index is 572. The van der Waals surface area contributed by atoms with Crippen molar-refractivity contribution in [2.75, 3.05) is 13.1 Å². The second kappa shape index (κ2) is 9.98. The number of rotatable bonds is 7. The summed E-state index contributed by atoms with van der Waals surface area (Å²) in [5.74, 6) is -0.00134. The van der Waals surface area contributed by atoms with E-state index in [0.717, 1.165) is 30.4 Å². The zero-order valence-electron chi connectivity index (χ0n) is 12.6. The Morgan fingerprint density at radius 3 is 2.36 bits per heavy atom. The monoisotopic (exact) mass is 318 g/mol. The van der Waals surface area contributed by atoms with E-state index in [9.17, 15) is 4.79 Å². The smallest absolute Gasteiger partial charge is 0.251 e. The predicted octanol–water partition coefficient (Wildman–Crippen LogP) is 3.17. The van der Waals surface area contributed by atoms with Crippen molar-refractivity contribution in [3.8, 4) is 0 Å². The summed E-state index contributed by atoms with van der Waals surface area (Å²) in [6.45, 7) is 1.34. The van der Waals surface area contributed by atoms with E-state index < -0.39 is 0 Å². The van der Waals surface area contributed by atoms with Crippen LogP contribution < -0.4 is 11.1 Å². The quantitative estimate of drug-likeness (QED) is 0.770. The van der Waals surface area contributed by atoms with Gasteiger partial charge < -0.3 is 11.1 Å². The number of hydrogen-bond acceptors (Lipinski definition) is 2. The van der Waals surface area contributed by atoms with Gasteiger partial charge in [0.15, 0.2) is 0 Å². The second-order valence-electron chi connectivity index (χ2n) is 5.07. The van der Waals surface area contributed by atoms with Gasteiger partial charge in [0.1, 0.15) is 0 Å². The van der Waals surface area contributed by atoms with Gasteiger partial charge in [-0.2, -0.15) is 0 Å². The summed E-state index contributed by atoms with van der Waals surface area (Å²) in [6.07, 6.45) is 2.63. The van der Waals surface area contributed by atoms with Gasteiger partial charge in [0.25, 0.3) is 5.91 Å². The van der Waals surface area contributed by atoms with Crippen molar-refractivity contribution in [1.29, 1.82) is 0 Å². The minimum absolute atomic E-state index is 0. The average Bonchev–Trinajstić information content (AvgIpc) is 2.53. The van der Waals surface area contributed by atoms with Crippen molar-refractivity contribution in [1.82, 2.24) is 5.32 Å². The van der Waals surface area contributed by atoms with Crippen molar-refractivity contribution < 1.29 is 4.79 Å². The lowest BCUT2D eigenvalue weighted by Gasteiger charge is -2.10. The van der Waals surface area contributed by atoms with Crippen LogP contribution >= 0.6 is 12.4 Å². The molecule has 3 N–H and O–H groups in total. The van der Waals surface area contributed by atoms with Crippen molar-refractivity contribution >= 4 is 18.3 Å². The van der Waals surface area contributed by atoms with Gasteiger partial charge in [-0.3, -0.25) is 4.79 Å². The first-order valence-electron chi connectivity index (χ1n) is 7.41. The summed E-state index contributed by atoms with van der Waals surface area (Å²) >= 11 is 0. The van der Waals surface area contributed by atoms with Crippen LogP contribution in [0.3, 0.4) is 0 Å². The Morgan fingerprint density at radius 2 is 1.64 bits per heavy atom. The summed E-state index contributed by atoms with van der Waals surface area (Å²) in [7, 11) is 0. The van der Waals surface area contributed by atoms with Gasteiger partial charge in [-0.1, -0.05) is 48.5 Å². The van der Waals surface area contributed by atoms with Crippen LogP contribution in [0.5, 0.6) is 0 Å². The van der Waals surface area contributed by atoms with E-state index in [-0.39, 0.29) is 18.3 Å². The lowest BCUT2D eigenvalue weighted by Crippen LogP contribution is -2.26. The third kappa shape index (κ3) is 5.51. The molecule has 0 aliphatic rings. The summed E-state index contributed by atoms with van der Waals surface area (Å²) in [5.41, 5.74) is 8.48. The normalized spacial score (nSPS) is 9.86. The maximum Gasteiger partial charge on any atom is 0.251 e. The molecule has 0 atom stereocenters. The molecule has 0 bridgehead atoms. The van der Waals surface area contributed by atoms with Gasteiger partial charge in [0.05, 0.1) is 0 Å². The standard InChI is InChI=1S/C18H22N2O.ClH/c19-12-6-7-13-20-18(21)17-11-5-4-10-16(17)14-15-8-2-1-3-9-15;/h1-5,8-11H,6-7,12-14,19H2,(H,20,21);1H. The molecule has 0 radical (unpaired) electrons. The van der Waals surface area contributed by atoms with Crippen LogP contribution in [0.25, 0.3) is 0 Å². The molecule has 22 heavy (non-hydrogen) atoms. The summed E-state index contributed by atoms with van der Waals surface area (Å²) in [6, 6.07) is 18.0. The Kier molecular flexibility index (Phi) is 8.26. The summed E-state index contributed by atoms with van der Waals surface area (Å²) in [4.78, 5) is 12.3. The average molecular weight is 319 g/mol. The highest BCUT2D eigenvalue weighted by Gasteiger charge is 2.10. The fourth-order valence-electron chi connectivity index (χ4n) is 2.28. The van der Waals surface area contributed by atoms with E-state index in [1.807, 2.05) is 42.5 Å². The predicted molar refractivity (Wildman–Crippen MR) is 93.6 cm³/mol. The number of carbonyl (C=O) groups excluding carboxylic acids is 1. The van der Waals surface area contributed by atoms with E-state index >= 15 is 0 Å². The fourth-order valence-corrected chi connectivity index (χ4v) is 2.28. The molecule has 0 saturated carbocycles. The molecule has 0 spiro atoms. The molecule has 0 heterocycles. The second-order valence-corrected chi connectivity index (χ2v) is 5.07. The van der Waals surface area contributed by atoms with Crippen molar-refractivity contribution in [2.45, 2.75) is 19.3 Å². The minimum atomic E-state index is -0.00134. The minimum Gasteiger partial charge on any atom is -0.352 e. The molecule has 0 unspecified atom stereocenters. The Hall–Kier alpha value is -1.84. The molecule has 4 heteroatoms. The van der Waals surface area contributed by atoms with Crippen LogP contribution in [0.2, 0.25) is 0 Å². The van der Waals surface area contributed by atoms with Crippen molar-refractivity contribution in [2.24, 2.45) is 5.73 Å². The summed E-state index contributed by atoms with van der Waals surface area (Å²) in [5, 5.41) is 2.97. The first kappa shape index (κ1) is 18.2. The number of unbranched alkanes of at least 4 members (excludes halogenated alkanes) is 1. The van der Waals surface area contributed by atoms with Gasteiger partial charge in [0, 0.05) is 12.1 Å². The molecule has 2 aromatic rings. The lowest BCUT2D eigenvalue weighted by atomic mass is 9.99. The van der Waals surface area contributed by atoms with E-state index in [2.05, 4.69) is 17.4 Å². The lowest BCUT2D eigenvalue weighted by molar-refractivity contribution is 0.0952. The molecule has 118 valence electrons. The van der Waals surface area contributed by atoms with Crippen molar-refractivity contribution in [3.63, 3.8) is 0 Å². The third-order valence-electron chi connectivity index (χ3n) is 3.42. The highest BCUT2D eigenvalue weighted by Crippen LogP contribution is 2.14. The first-order valence-corrected chi connectivity index (χ1v) is 7.41. The topological polar surface area (TPSA) is 55.1 Å². The van der Waals surface area contributed by atoms with E-state index in [1.54, 1.807) is 0 Å². The van der Waals surface area contributed by atoms with Crippen LogP contribution in [-0.4, -0.2) is 19.0 Å². The zero-order chi connectivity index (χ0) is 14.9. The van der Waals surface area contributed by atoms with Gasteiger partial charge in [-0.15, -0.1) is 12.4 Å². The molecule has 2 rings (SSSR count). The van der Waals surface area contributed by atoms with Gasteiger partial charge >= 0.3 is 0 Å². The van der Waals surface area contributed by atoms with Gasteiger partial charge in [0.2, 0.25) is 0 Å². The van der Waals surface area contributed by atoms with Crippen LogP contribution in [0.15, 0.2) is 54.6 Å². The largest absolute Gasteiger partial charge is 0.352 e. The van der Waals surface area contributed by atoms with Crippen LogP contribution in [-0.2, 0) is 6.42 Å². The Balaban J connectivity index is 0.00000242. The molecule has 0 aliphatic heterocycles. The van der Waals surface area contributed by atoms with Crippen LogP contribution in [0, 0.1) is 0 Å². The molecule has 0 aliphatic carbocycles. The molecule has 0 saturated heterocycles. The van der Waals surface area contributed by atoms with Crippen LogP contribution in [0.4, 0.5) is 0 Å². The van der Waals surface area contributed by atoms with Gasteiger partial charge in [-0.05, 0) is 43.0 Å². The SMILES string of the molecule is Cl.NCCCCNC(=O)c1ccccc1Cc1ccccc1. The van der Waals surface area contributed by atoms with Gasteiger partial charge in [-0.25, -0.2) is 0 Å². The zero-order valence-corrected chi connectivity index (χ0v) is 13.4. The third-order valence-corrected chi connectivity index (χ3v) is 3.42. The molecule has 0 fully saturated rings. The first-order chi connectivity index (χ1) is 10.3. The molecule has 3 nitrogen and oxygen atoms in total. The van der Waals surface area contributed by atoms with E-state index in [1.165, 1.54) is 5.56 Å². The number of amides is 1. The van der Waals surface area contributed by atoms with E-state index in [4.69, 9.17) is 5.73 Å². The number of benzene rings is 2. The van der Waals surface area contributed by atoms with Crippen molar-refractivity contribution in [3.05, 3.63) is 71.3 Å². The highest BCUT2D eigenvalue weighted by molar-refractivity contribution is 5.95. The maximum absolute atomic E-state index is 12.3. The Morgan fingerprint density at radius 1 is 0.955 bits per heavy atom. The molecule has 0 aromatic heterocycles. The fraction of sp³-hybridized carbons (Fsp3) is 0.278.